The van der Waals surface area contributed by atoms with Gasteiger partial charge in [-0.2, -0.15) is 0 Å². The van der Waals surface area contributed by atoms with E-state index in [-0.39, 0.29) is 35.8 Å². The fraction of sp³-hybridized carbons (Fsp3) is 0.361. The zero-order chi connectivity index (χ0) is 33.6. The first kappa shape index (κ1) is 32.2. The molecule has 0 radical (unpaired) electrons. The first-order valence-corrected chi connectivity index (χ1v) is 17.4. The van der Waals surface area contributed by atoms with E-state index in [1.54, 1.807) is 23.0 Å². The van der Waals surface area contributed by atoms with Gasteiger partial charge in [-0.15, -0.1) is 11.3 Å². The molecule has 10 nitrogen and oxygen atoms in total. The van der Waals surface area contributed by atoms with Crippen molar-refractivity contribution in [1.29, 1.82) is 0 Å². The lowest BCUT2D eigenvalue weighted by Gasteiger charge is -2.43. The minimum Gasteiger partial charge on any atom is -0.388 e. The second-order valence-electron chi connectivity index (χ2n) is 13.0. The monoisotopic (exact) mass is 684 g/mol. The lowest BCUT2D eigenvalue weighted by molar-refractivity contribution is -0.142. The molecule has 5 aromatic rings. The third-order valence-electron chi connectivity index (χ3n) is 9.83. The van der Waals surface area contributed by atoms with E-state index in [1.807, 2.05) is 72.3 Å². The Morgan fingerprint density at radius 3 is 2.56 bits per heavy atom. The quantitative estimate of drug-likeness (QED) is 0.266. The molecule has 248 valence electrons. The minimum atomic E-state index is -1.13. The molecule has 2 fully saturated rings. The molecule has 0 unspecified atom stereocenters. The van der Waals surface area contributed by atoms with Gasteiger partial charge in [0, 0.05) is 68.0 Å². The Bertz CT molecular complexity index is 2050. The first-order chi connectivity index (χ1) is 23.1. The Hall–Kier alpha value is -4.32. The number of thiophene rings is 1. The van der Waals surface area contributed by atoms with E-state index in [0.29, 0.717) is 66.4 Å². The van der Waals surface area contributed by atoms with Crippen LogP contribution in [0.2, 0.25) is 5.02 Å². The number of carbonyl (C=O) groups excluding carboxylic acids is 2. The van der Waals surface area contributed by atoms with Crippen molar-refractivity contribution in [3.63, 3.8) is 0 Å². The number of fused-ring (bicyclic) bond motifs is 1. The maximum Gasteiger partial charge on any atom is 0.265 e. The predicted molar refractivity (Wildman–Crippen MR) is 186 cm³/mol. The molecule has 0 saturated carbocycles. The summed E-state index contributed by atoms with van der Waals surface area (Å²) < 4.78 is 3.26. The average molecular weight is 685 g/mol. The number of aryl methyl sites for hydroxylation is 2. The van der Waals surface area contributed by atoms with E-state index < -0.39 is 5.60 Å². The van der Waals surface area contributed by atoms with Crippen molar-refractivity contribution < 1.29 is 14.7 Å². The number of hydrogen-bond acceptors (Lipinski definition) is 7. The lowest BCUT2D eigenvalue weighted by Crippen LogP contribution is -2.53. The second-order valence-corrected chi connectivity index (χ2v) is 14.5. The summed E-state index contributed by atoms with van der Waals surface area (Å²) in [6.45, 7) is 3.64. The van der Waals surface area contributed by atoms with E-state index in [9.17, 15) is 19.5 Å². The number of nitrogens with zero attached hydrogens (tertiary/aromatic N) is 6. The molecule has 2 aliphatic heterocycles. The molecule has 48 heavy (non-hydrogen) atoms. The molecule has 2 amide bonds. The van der Waals surface area contributed by atoms with E-state index in [1.165, 1.54) is 22.2 Å². The van der Waals surface area contributed by atoms with Crippen LogP contribution in [0.3, 0.4) is 0 Å². The van der Waals surface area contributed by atoms with Crippen LogP contribution >= 0.6 is 22.9 Å². The van der Waals surface area contributed by atoms with Gasteiger partial charge in [-0.05, 0) is 61.6 Å². The zero-order valence-electron chi connectivity index (χ0n) is 26.9. The Morgan fingerprint density at radius 1 is 1.04 bits per heavy atom. The molecular weight excluding hydrogens is 648 g/mol. The Balaban J connectivity index is 1.05. The third kappa shape index (κ3) is 6.18. The Labute approximate surface area is 287 Å². The highest BCUT2D eigenvalue weighted by atomic mass is 35.5. The van der Waals surface area contributed by atoms with Crippen molar-refractivity contribution in [2.75, 3.05) is 26.2 Å². The summed E-state index contributed by atoms with van der Waals surface area (Å²) in [7, 11) is 1.84. The molecule has 2 aliphatic rings. The fourth-order valence-corrected chi connectivity index (χ4v) is 8.50. The van der Waals surface area contributed by atoms with Crippen molar-refractivity contribution in [2.24, 2.45) is 13.0 Å². The number of aliphatic hydroxyl groups is 1. The number of carbonyl (C=O) groups is 2. The van der Waals surface area contributed by atoms with E-state index in [2.05, 4.69) is 9.97 Å². The van der Waals surface area contributed by atoms with Crippen LogP contribution in [0.4, 0.5) is 0 Å². The predicted octanol–water partition coefficient (Wildman–Crippen LogP) is 5.12. The van der Waals surface area contributed by atoms with E-state index in [0.717, 1.165) is 21.7 Å². The number of aromatic nitrogens is 4. The average Bonchev–Trinajstić information content (AvgIpc) is 3.68. The molecule has 1 aromatic carbocycles. The summed E-state index contributed by atoms with van der Waals surface area (Å²) >= 11 is 8.01. The molecule has 6 heterocycles. The summed E-state index contributed by atoms with van der Waals surface area (Å²) in [6, 6.07) is 17.4. The molecule has 0 aliphatic carbocycles. The number of amides is 2. The van der Waals surface area contributed by atoms with Crippen molar-refractivity contribution in [2.45, 2.75) is 44.2 Å². The third-order valence-corrected chi connectivity index (χ3v) is 11.4. The SMILES string of the molecule is Cc1cc(-c2cc(Cl)c(C(=O)N3CC[C@@H](C(=O)N4CCC(O)(Cn5cnc6c(ccn6C)c5=O)CC4)[C@H](c4ccccc4)C3)s2)ccn1. The maximum atomic E-state index is 14.1. The highest BCUT2D eigenvalue weighted by Crippen LogP contribution is 2.39. The lowest BCUT2D eigenvalue weighted by atomic mass is 9.79. The largest absolute Gasteiger partial charge is 0.388 e. The summed E-state index contributed by atoms with van der Waals surface area (Å²) in [6.07, 6.45) is 6.25. The number of hydrogen-bond donors (Lipinski definition) is 1. The summed E-state index contributed by atoms with van der Waals surface area (Å²) in [5, 5.41) is 12.4. The van der Waals surface area contributed by atoms with Crippen molar-refractivity contribution in [1.82, 2.24) is 28.9 Å². The first-order valence-electron chi connectivity index (χ1n) is 16.2. The Kier molecular flexibility index (Phi) is 8.69. The van der Waals surface area contributed by atoms with Gasteiger partial charge < -0.3 is 19.5 Å². The number of rotatable bonds is 6. The van der Waals surface area contributed by atoms with Crippen LogP contribution in [0.25, 0.3) is 21.5 Å². The van der Waals surface area contributed by atoms with Crippen LogP contribution in [0.5, 0.6) is 0 Å². The van der Waals surface area contributed by atoms with Crippen molar-refractivity contribution in [3.8, 4) is 10.4 Å². The van der Waals surface area contributed by atoms with Gasteiger partial charge in [-0.25, -0.2) is 4.98 Å². The zero-order valence-corrected chi connectivity index (χ0v) is 28.5. The highest BCUT2D eigenvalue weighted by molar-refractivity contribution is 7.18. The minimum absolute atomic E-state index is 0.0343. The van der Waals surface area contributed by atoms with Gasteiger partial charge in [0.2, 0.25) is 5.91 Å². The van der Waals surface area contributed by atoms with Gasteiger partial charge in [-0.1, -0.05) is 41.9 Å². The number of benzene rings is 1. The highest BCUT2D eigenvalue weighted by Gasteiger charge is 2.42. The summed E-state index contributed by atoms with van der Waals surface area (Å²) in [5.74, 6) is -0.605. The summed E-state index contributed by atoms with van der Waals surface area (Å²) in [5.41, 5.74) is 2.15. The number of likely N-dealkylation sites (tertiary alicyclic amines) is 2. The van der Waals surface area contributed by atoms with Crippen LogP contribution in [0, 0.1) is 12.8 Å². The van der Waals surface area contributed by atoms with Gasteiger partial charge in [0.1, 0.15) is 16.9 Å². The van der Waals surface area contributed by atoms with Gasteiger partial charge in [-0.3, -0.25) is 23.9 Å². The number of halogens is 1. The molecule has 12 heteroatoms. The van der Waals surface area contributed by atoms with Gasteiger partial charge >= 0.3 is 0 Å². The smallest absolute Gasteiger partial charge is 0.265 e. The number of piperidine rings is 2. The summed E-state index contributed by atoms with van der Waals surface area (Å²) in [4.78, 5) is 54.9. The molecule has 0 spiro atoms. The maximum absolute atomic E-state index is 14.1. The van der Waals surface area contributed by atoms with Crippen LogP contribution in [-0.4, -0.2) is 77.6 Å². The number of pyridine rings is 1. The van der Waals surface area contributed by atoms with Crippen LogP contribution in [0.15, 0.2) is 78.1 Å². The molecular formula is C36H37ClN6O4S. The molecule has 1 N–H and O–H groups in total. The van der Waals surface area contributed by atoms with Gasteiger partial charge in [0.15, 0.2) is 0 Å². The van der Waals surface area contributed by atoms with E-state index >= 15 is 0 Å². The van der Waals surface area contributed by atoms with Gasteiger partial charge in [0.25, 0.3) is 11.5 Å². The van der Waals surface area contributed by atoms with Crippen LogP contribution < -0.4 is 5.56 Å². The molecule has 2 saturated heterocycles. The van der Waals surface area contributed by atoms with E-state index in [4.69, 9.17) is 11.6 Å². The Morgan fingerprint density at radius 2 is 1.81 bits per heavy atom. The normalized spacial score (nSPS) is 19.5. The van der Waals surface area contributed by atoms with Crippen LogP contribution in [-0.2, 0) is 18.4 Å². The standard InChI is InChI=1S/C36H37ClN6O4S/c1-23-18-25(8-13-38-23)30-19-29(37)31(48-30)35(46)42-15-10-26(28(20-42)24-6-4-3-5-7-24)33(44)41-16-11-36(47,12-17-41)21-43-22-39-32-27(34(43)45)9-14-40(32)2/h3-9,13-14,18-19,22,26,28,47H,10-12,15-17,20-21H2,1-2H3/t26-,28+/m1/s1. The molecule has 0 bridgehead atoms. The van der Waals surface area contributed by atoms with Crippen molar-refractivity contribution in [3.05, 3.63) is 105 Å². The van der Waals surface area contributed by atoms with Crippen molar-refractivity contribution >= 4 is 45.8 Å². The molecule has 4 aromatic heterocycles. The van der Waals surface area contributed by atoms with Crippen LogP contribution in [0.1, 0.15) is 46.1 Å². The fourth-order valence-electron chi connectivity index (χ4n) is 7.12. The molecule has 2 atom stereocenters. The molecule has 7 rings (SSSR count). The second kappa shape index (κ2) is 12.9. The van der Waals surface area contributed by atoms with Gasteiger partial charge in [0.05, 0.1) is 22.6 Å². The topological polar surface area (TPSA) is 114 Å².